The van der Waals surface area contributed by atoms with Gasteiger partial charge in [0.1, 0.15) is 5.00 Å². The first-order chi connectivity index (χ1) is 3.93. The van der Waals surface area contributed by atoms with Gasteiger partial charge < -0.3 is 0 Å². The molecule has 0 radical (unpaired) electrons. The van der Waals surface area contributed by atoms with Gasteiger partial charge in [0.25, 0.3) is 0 Å². The average Bonchev–Trinajstić information content (AvgIpc) is 2.19. The minimum absolute atomic E-state index is 0.597. The zero-order chi connectivity index (χ0) is 5.82. The molecule has 0 atom stereocenters. The third kappa shape index (κ3) is 0.992. The number of hydrogen-bond acceptors (Lipinski definition) is 4. The maximum atomic E-state index is 9.56. The Morgan fingerprint density at radius 2 is 2.75 bits per heavy atom. The van der Waals surface area contributed by atoms with Crippen LogP contribution in [0.25, 0.3) is 0 Å². The van der Waals surface area contributed by atoms with Gasteiger partial charge in [-0.3, -0.25) is 0 Å². The molecule has 0 fully saturated rings. The van der Waals surface area contributed by atoms with Crippen molar-refractivity contribution in [2.24, 2.45) is 4.99 Å². The van der Waals surface area contributed by atoms with Crippen molar-refractivity contribution in [1.29, 1.82) is 0 Å². The van der Waals surface area contributed by atoms with Crippen LogP contribution in [0.5, 0.6) is 0 Å². The summed E-state index contributed by atoms with van der Waals surface area (Å²) >= 11 is 1.17. The molecule has 1 aromatic rings. The fraction of sp³-hybridized carbons (Fsp3) is 0. The molecule has 0 saturated heterocycles. The Morgan fingerprint density at radius 3 is 3.25 bits per heavy atom. The number of isocyanates is 1. The summed E-state index contributed by atoms with van der Waals surface area (Å²) in [5, 5.41) is 0.597. The first kappa shape index (κ1) is 5.15. The molecule has 0 aliphatic heterocycles. The smallest absolute Gasteiger partial charge is 0.211 e. The minimum atomic E-state index is 0.597. The van der Waals surface area contributed by atoms with Crippen LogP contribution in [-0.4, -0.2) is 10.5 Å². The van der Waals surface area contributed by atoms with E-state index in [0.29, 0.717) is 5.00 Å². The number of carbonyl (C=O) groups excluding carboxylic acids is 1. The summed E-state index contributed by atoms with van der Waals surface area (Å²) in [6.07, 6.45) is 3.00. The van der Waals surface area contributed by atoms with Gasteiger partial charge in [0, 0.05) is 6.20 Å². The van der Waals surface area contributed by atoms with Gasteiger partial charge in [-0.25, -0.2) is 4.79 Å². The van der Waals surface area contributed by atoms with Crippen molar-refractivity contribution < 1.29 is 4.79 Å². The lowest BCUT2D eigenvalue weighted by molar-refractivity contribution is 0.565. The Labute approximate surface area is 49.9 Å². The first-order valence-electron chi connectivity index (χ1n) is 1.92. The highest BCUT2D eigenvalue weighted by atomic mass is 32.1. The number of hydrogen-bond donors (Lipinski definition) is 0. The van der Waals surface area contributed by atoms with Crippen LogP contribution in [0, 0.1) is 0 Å². The molecule has 0 aliphatic carbocycles. The van der Waals surface area contributed by atoms with E-state index in [4.69, 9.17) is 0 Å². The Bertz CT molecular complexity index is 200. The number of nitrogens with zero attached hydrogens (tertiary/aromatic N) is 2. The van der Waals surface area contributed by atoms with E-state index in [0.717, 1.165) is 0 Å². The molecule has 40 valence electrons. The topological polar surface area (TPSA) is 42.3 Å². The maximum absolute atomic E-state index is 9.56. The normalized spacial score (nSPS) is 8.00. The van der Waals surface area contributed by atoms with Crippen molar-refractivity contribution in [2.45, 2.75) is 0 Å². The number of rotatable bonds is 1. The standard InChI is InChI=1S/C4H2N2OS/c7-3-5-4-1-2-6-8-4/h1-2H. The molecule has 0 N–H and O–H groups in total. The summed E-state index contributed by atoms with van der Waals surface area (Å²) in [7, 11) is 0. The summed E-state index contributed by atoms with van der Waals surface area (Å²) < 4.78 is 3.71. The SMILES string of the molecule is O=C=Nc1ccns1. The Kier molecular flexibility index (Phi) is 1.51. The van der Waals surface area contributed by atoms with Gasteiger partial charge in [-0.15, -0.1) is 0 Å². The van der Waals surface area contributed by atoms with E-state index in [2.05, 4.69) is 9.37 Å². The predicted octanol–water partition coefficient (Wildman–Crippen LogP) is 1.11. The molecule has 4 heteroatoms. The van der Waals surface area contributed by atoms with Gasteiger partial charge in [-0.05, 0) is 17.6 Å². The van der Waals surface area contributed by atoms with Crippen molar-refractivity contribution >= 4 is 22.6 Å². The van der Waals surface area contributed by atoms with Crippen LogP contribution in [0.1, 0.15) is 0 Å². The van der Waals surface area contributed by atoms with Crippen molar-refractivity contribution in [3.8, 4) is 0 Å². The van der Waals surface area contributed by atoms with Crippen LogP contribution >= 0.6 is 11.5 Å². The fourth-order valence-electron chi connectivity index (χ4n) is 0.312. The first-order valence-corrected chi connectivity index (χ1v) is 2.69. The monoisotopic (exact) mass is 126 g/mol. The van der Waals surface area contributed by atoms with Crippen molar-refractivity contribution in [3.63, 3.8) is 0 Å². The van der Waals surface area contributed by atoms with E-state index in [1.807, 2.05) is 0 Å². The molecule has 0 amide bonds. The van der Waals surface area contributed by atoms with Gasteiger partial charge in [0.15, 0.2) is 0 Å². The summed E-state index contributed by atoms with van der Waals surface area (Å²) in [5.74, 6) is 0. The van der Waals surface area contributed by atoms with Gasteiger partial charge in [-0.2, -0.15) is 9.37 Å². The third-order valence-electron chi connectivity index (χ3n) is 0.580. The third-order valence-corrected chi connectivity index (χ3v) is 1.22. The Morgan fingerprint density at radius 1 is 1.88 bits per heavy atom. The Hall–Kier alpha value is -0.990. The van der Waals surface area contributed by atoms with Gasteiger partial charge in [0.2, 0.25) is 6.08 Å². The van der Waals surface area contributed by atoms with Crippen LogP contribution < -0.4 is 0 Å². The largest absolute Gasteiger partial charge is 0.241 e. The van der Waals surface area contributed by atoms with E-state index in [1.165, 1.54) is 17.6 Å². The highest BCUT2D eigenvalue weighted by molar-refractivity contribution is 7.09. The molecule has 0 aromatic carbocycles. The van der Waals surface area contributed by atoms with E-state index >= 15 is 0 Å². The number of aliphatic imine (C=N–C) groups is 1. The lowest BCUT2D eigenvalue weighted by Crippen LogP contribution is -1.44. The molecule has 3 nitrogen and oxygen atoms in total. The van der Waals surface area contributed by atoms with Crippen molar-refractivity contribution in [3.05, 3.63) is 12.3 Å². The number of aromatic nitrogens is 1. The molecule has 0 unspecified atom stereocenters. The van der Waals surface area contributed by atoms with E-state index < -0.39 is 0 Å². The predicted molar refractivity (Wildman–Crippen MR) is 29.9 cm³/mol. The molecule has 1 aromatic heterocycles. The van der Waals surface area contributed by atoms with Crippen molar-refractivity contribution in [2.75, 3.05) is 0 Å². The van der Waals surface area contributed by atoms with Gasteiger partial charge in [0.05, 0.1) is 0 Å². The summed E-state index contributed by atoms with van der Waals surface area (Å²) in [6, 6.07) is 1.65. The zero-order valence-electron chi connectivity index (χ0n) is 3.87. The maximum Gasteiger partial charge on any atom is 0.241 e. The second kappa shape index (κ2) is 2.35. The molecular formula is C4H2N2OS. The van der Waals surface area contributed by atoms with Crippen LogP contribution in [0.2, 0.25) is 0 Å². The lowest BCUT2D eigenvalue weighted by Gasteiger charge is -1.66. The van der Waals surface area contributed by atoms with Crippen LogP contribution in [0.15, 0.2) is 17.3 Å². The van der Waals surface area contributed by atoms with E-state index in [9.17, 15) is 4.79 Å². The van der Waals surface area contributed by atoms with Gasteiger partial charge >= 0.3 is 0 Å². The highest BCUT2D eigenvalue weighted by Crippen LogP contribution is 2.13. The molecule has 8 heavy (non-hydrogen) atoms. The van der Waals surface area contributed by atoms with E-state index in [1.54, 1.807) is 12.3 Å². The van der Waals surface area contributed by atoms with Crippen LogP contribution in [0.4, 0.5) is 5.00 Å². The summed E-state index contributed by atoms with van der Waals surface area (Å²) in [6.45, 7) is 0. The second-order valence-corrected chi connectivity index (χ2v) is 1.87. The summed E-state index contributed by atoms with van der Waals surface area (Å²) in [5.41, 5.74) is 0. The zero-order valence-corrected chi connectivity index (χ0v) is 4.68. The van der Waals surface area contributed by atoms with Crippen LogP contribution in [0.3, 0.4) is 0 Å². The molecule has 0 saturated carbocycles. The molecule has 0 aliphatic rings. The van der Waals surface area contributed by atoms with Crippen LogP contribution in [-0.2, 0) is 4.79 Å². The van der Waals surface area contributed by atoms with Crippen molar-refractivity contribution in [1.82, 2.24) is 4.37 Å². The summed E-state index contributed by atoms with van der Waals surface area (Å²) in [4.78, 5) is 12.9. The fourth-order valence-corrected chi connectivity index (χ4v) is 0.741. The highest BCUT2D eigenvalue weighted by Gasteiger charge is 1.84. The van der Waals surface area contributed by atoms with E-state index in [-0.39, 0.29) is 0 Å². The average molecular weight is 126 g/mol. The molecule has 0 spiro atoms. The Balaban J connectivity index is 2.93. The molecular weight excluding hydrogens is 124 g/mol. The second-order valence-electron chi connectivity index (χ2n) is 1.05. The molecule has 1 heterocycles. The lowest BCUT2D eigenvalue weighted by atomic mass is 10.7. The molecule has 1 rings (SSSR count). The quantitative estimate of drug-likeness (QED) is 0.418. The minimum Gasteiger partial charge on any atom is -0.211 e. The molecule has 0 bridgehead atoms. The van der Waals surface area contributed by atoms with Gasteiger partial charge in [-0.1, -0.05) is 0 Å².